The Hall–Kier alpha value is -3.47. The number of hydrogen-bond acceptors (Lipinski definition) is 7. The Kier molecular flexibility index (Phi) is 12.0. The van der Waals surface area contributed by atoms with E-state index in [9.17, 15) is 4.79 Å². The Balaban J connectivity index is 1.09. The smallest absolute Gasteiger partial charge is 0.261 e. The maximum absolute atomic E-state index is 13.7. The third-order valence-corrected chi connectivity index (χ3v) is 16.5. The van der Waals surface area contributed by atoms with Crippen molar-refractivity contribution in [1.29, 1.82) is 0 Å². The predicted molar refractivity (Wildman–Crippen MR) is 213 cm³/mol. The van der Waals surface area contributed by atoms with E-state index in [1.807, 2.05) is 48.5 Å². The van der Waals surface area contributed by atoms with E-state index < -0.39 is 26.0 Å². The molecule has 0 saturated carbocycles. The van der Waals surface area contributed by atoms with Crippen LogP contribution in [0.3, 0.4) is 0 Å². The van der Waals surface area contributed by atoms with Crippen molar-refractivity contribution in [3.05, 3.63) is 132 Å². The fourth-order valence-corrected chi connectivity index (χ4v) is 13.3. The van der Waals surface area contributed by atoms with Gasteiger partial charge in [0.2, 0.25) is 0 Å². The van der Waals surface area contributed by atoms with Gasteiger partial charge in [0, 0.05) is 31.8 Å². The molecule has 3 saturated heterocycles. The minimum atomic E-state index is -2.84. The van der Waals surface area contributed by atoms with Crippen LogP contribution in [-0.4, -0.2) is 57.2 Å². The number of carbonyl (C=O) groups is 1. The summed E-state index contributed by atoms with van der Waals surface area (Å²) in [4.78, 5) is 13.7. The maximum Gasteiger partial charge on any atom is 0.261 e. The van der Waals surface area contributed by atoms with Crippen molar-refractivity contribution in [3.8, 4) is 0 Å². The molecule has 0 aromatic heterocycles. The van der Waals surface area contributed by atoms with Crippen molar-refractivity contribution >= 4 is 24.5 Å². The molecule has 0 radical (unpaired) electrons. The van der Waals surface area contributed by atoms with Gasteiger partial charge in [-0.1, -0.05) is 149 Å². The molecule has 0 aliphatic carbocycles. The van der Waals surface area contributed by atoms with Gasteiger partial charge >= 0.3 is 0 Å². The van der Waals surface area contributed by atoms with Crippen molar-refractivity contribution < 1.29 is 32.9 Å². The lowest BCUT2D eigenvalue weighted by Gasteiger charge is -2.52. The average Bonchev–Trinajstić information content (AvgIpc) is 3.52. The summed E-state index contributed by atoms with van der Waals surface area (Å²) < 4.78 is 41.0. The maximum atomic E-state index is 13.7. The number of Topliss-reactive ketones (excluding diaryl/α,β-unsaturated/α-hetero) is 1. The Labute approximate surface area is 322 Å². The lowest BCUT2D eigenvalue weighted by atomic mass is 9.83. The summed E-state index contributed by atoms with van der Waals surface area (Å²) in [5.74, 6) is -1.84. The third kappa shape index (κ3) is 8.50. The topological polar surface area (TPSA) is 72.5 Å². The first-order valence-corrected chi connectivity index (χ1v) is 21.6. The molecule has 3 aliphatic rings. The number of rotatable bonds is 13. The third-order valence-electron chi connectivity index (χ3n) is 11.5. The van der Waals surface area contributed by atoms with Crippen LogP contribution in [0.4, 0.5) is 0 Å². The van der Waals surface area contributed by atoms with Crippen molar-refractivity contribution in [2.75, 3.05) is 13.2 Å². The zero-order valence-corrected chi connectivity index (χ0v) is 33.3. The number of ether oxygens (including phenoxy) is 5. The monoisotopic (exact) mass is 748 g/mol. The Morgan fingerprint density at radius 2 is 1.35 bits per heavy atom. The van der Waals surface area contributed by atoms with Gasteiger partial charge in [0.05, 0.1) is 44.6 Å². The van der Waals surface area contributed by atoms with E-state index in [0.717, 1.165) is 17.5 Å². The summed E-state index contributed by atoms with van der Waals surface area (Å²) in [6, 6.07) is 41.6. The van der Waals surface area contributed by atoms with Gasteiger partial charge in [0.1, 0.15) is 5.78 Å². The highest BCUT2D eigenvalue weighted by Crippen LogP contribution is 2.52. The van der Waals surface area contributed by atoms with Crippen LogP contribution < -0.4 is 10.4 Å². The second-order valence-corrected chi connectivity index (χ2v) is 20.7. The Bertz CT molecular complexity index is 1740. The molecule has 3 aliphatic heterocycles. The number of benzene rings is 4. The highest BCUT2D eigenvalue weighted by Gasteiger charge is 2.60. The summed E-state index contributed by atoms with van der Waals surface area (Å²) in [5.41, 5.74) is 2.24. The summed E-state index contributed by atoms with van der Waals surface area (Å²) in [6.45, 7) is 10.8. The molecule has 286 valence electrons. The first-order chi connectivity index (χ1) is 26.1. The largest absolute Gasteiger partial charge is 0.405 e. The standard InChI is InChI=1S/C46H56O7Si/c1-35-25-27-45(30-38(47)29-39(51-45)34-50-54(44(2,3)4,40-21-13-7-14-22-40)41-23-15-8-16-24-41)53-46(35)31-43(49-33-37-19-11-6-12-20-37)42(52-46)26-28-48-32-36-17-9-5-10-18-36/h5-24,35,39,42-43H,25-34H2,1-4H3/t35-,39-,42-,43-,45+,46+/m0/s1. The molecule has 2 spiro atoms. The number of hydrogen-bond donors (Lipinski definition) is 0. The molecular weight excluding hydrogens is 693 g/mol. The van der Waals surface area contributed by atoms with E-state index >= 15 is 0 Å². The van der Waals surface area contributed by atoms with Crippen LogP contribution in [0.1, 0.15) is 77.3 Å². The molecular formula is C46H56O7Si. The lowest BCUT2D eigenvalue weighted by Crippen LogP contribution is -2.67. The minimum absolute atomic E-state index is 0.0774. The van der Waals surface area contributed by atoms with Crippen LogP contribution in [0.5, 0.6) is 0 Å². The van der Waals surface area contributed by atoms with Crippen LogP contribution in [-0.2, 0) is 46.1 Å². The van der Waals surface area contributed by atoms with E-state index in [2.05, 4.69) is 100 Å². The molecule has 6 atom stereocenters. The normalized spacial score (nSPS) is 27.4. The molecule has 0 unspecified atom stereocenters. The van der Waals surface area contributed by atoms with Crippen molar-refractivity contribution in [2.45, 2.75) is 114 Å². The van der Waals surface area contributed by atoms with E-state index in [1.54, 1.807) is 0 Å². The predicted octanol–water partition coefficient (Wildman–Crippen LogP) is 8.13. The van der Waals surface area contributed by atoms with E-state index in [4.69, 9.17) is 28.1 Å². The summed E-state index contributed by atoms with van der Waals surface area (Å²) in [5, 5.41) is 2.20. The molecule has 4 aromatic rings. The van der Waals surface area contributed by atoms with Gasteiger partial charge in [-0.25, -0.2) is 0 Å². The highest BCUT2D eigenvalue weighted by molar-refractivity contribution is 6.99. The zero-order chi connectivity index (χ0) is 37.7. The summed E-state index contributed by atoms with van der Waals surface area (Å²) in [7, 11) is -2.84. The van der Waals surface area contributed by atoms with Crippen LogP contribution in [0.25, 0.3) is 0 Å². The van der Waals surface area contributed by atoms with Crippen LogP contribution in [0.2, 0.25) is 5.04 Å². The molecule has 4 aromatic carbocycles. The van der Waals surface area contributed by atoms with Crippen molar-refractivity contribution in [1.82, 2.24) is 0 Å². The van der Waals surface area contributed by atoms with Gasteiger partial charge in [-0.15, -0.1) is 0 Å². The number of carbonyl (C=O) groups excluding carboxylic acids is 1. The molecule has 0 N–H and O–H groups in total. The molecule has 0 bridgehead atoms. The second-order valence-electron chi connectivity index (χ2n) is 16.4. The molecule has 0 amide bonds. The van der Waals surface area contributed by atoms with E-state index in [0.29, 0.717) is 39.1 Å². The number of ketones is 1. The van der Waals surface area contributed by atoms with Crippen molar-refractivity contribution in [2.24, 2.45) is 5.92 Å². The van der Waals surface area contributed by atoms with Gasteiger partial charge in [-0.2, -0.15) is 0 Å². The summed E-state index contributed by atoms with van der Waals surface area (Å²) >= 11 is 0. The SMILES string of the molecule is C[C@H]1CC[C@]2(CC(=O)C[C@@H](CO[Si](c3ccccc3)(c3ccccc3)C(C)(C)C)O2)O[C@]12C[C@H](OCc1ccccc1)[C@H](CCOCc1ccccc1)O2. The Morgan fingerprint density at radius 1 is 0.778 bits per heavy atom. The van der Waals surface area contributed by atoms with E-state index in [-0.39, 0.29) is 48.4 Å². The zero-order valence-electron chi connectivity index (χ0n) is 32.3. The average molecular weight is 749 g/mol. The molecule has 7 nitrogen and oxygen atoms in total. The Morgan fingerprint density at radius 3 is 1.94 bits per heavy atom. The van der Waals surface area contributed by atoms with Gasteiger partial charge in [-0.3, -0.25) is 4.79 Å². The molecule has 7 rings (SSSR count). The van der Waals surface area contributed by atoms with Crippen molar-refractivity contribution in [3.63, 3.8) is 0 Å². The fraction of sp³-hybridized carbons (Fsp3) is 0.457. The van der Waals surface area contributed by atoms with Gasteiger partial charge < -0.3 is 28.1 Å². The van der Waals surface area contributed by atoms with Gasteiger partial charge in [0.15, 0.2) is 11.6 Å². The fourth-order valence-electron chi connectivity index (χ4n) is 8.74. The van der Waals surface area contributed by atoms with Crippen LogP contribution >= 0.6 is 0 Å². The molecule has 3 heterocycles. The first-order valence-electron chi connectivity index (χ1n) is 19.7. The van der Waals surface area contributed by atoms with Crippen LogP contribution in [0, 0.1) is 5.92 Å². The highest BCUT2D eigenvalue weighted by atomic mass is 28.4. The second kappa shape index (κ2) is 16.7. The van der Waals surface area contributed by atoms with Gasteiger partial charge in [-0.05, 0) is 39.4 Å². The molecule has 3 fully saturated rings. The molecule has 54 heavy (non-hydrogen) atoms. The molecule has 8 heteroatoms. The minimum Gasteiger partial charge on any atom is -0.405 e. The van der Waals surface area contributed by atoms with E-state index in [1.165, 1.54) is 10.4 Å². The lowest BCUT2D eigenvalue weighted by molar-refractivity contribution is -0.402. The van der Waals surface area contributed by atoms with Crippen LogP contribution in [0.15, 0.2) is 121 Å². The first kappa shape index (κ1) is 38.8. The summed E-state index contributed by atoms with van der Waals surface area (Å²) in [6.07, 6.45) is 2.20. The quantitative estimate of drug-likeness (QED) is 0.101. The van der Waals surface area contributed by atoms with Gasteiger partial charge in [0.25, 0.3) is 8.32 Å².